The molecule has 0 atom stereocenters. The molecule has 0 fully saturated rings. The van der Waals surface area contributed by atoms with E-state index in [-0.39, 0.29) is 0 Å². The lowest BCUT2D eigenvalue weighted by molar-refractivity contribution is 0.781. The molecule has 0 saturated carbocycles. The molecule has 28 heavy (non-hydrogen) atoms. The number of rotatable bonds is 3. The number of aromatic nitrogens is 4. The van der Waals surface area contributed by atoms with Gasteiger partial charge >= 0.3 is 0 Å². The molecule has 0 bridgehead atoms. The lowest BCUT2D eigenvalue weighted by atomic mass is 10.1. The highest BCUT2D eigenvalue weighted by Crippen LogP contribution is 2.27. The quantitative estimate of drug-likeness (QED) is 0.469. The maximum atomic E-state index is 4.80. The summed E-state index contributed by atoms with van der Waals surface area (Å²) in [4.78, 5) is 9.52. The largest absolute Gasteiger partial charge is 0.340 e. The van der Waals surface area contributed by atoms with Gasteiger partial charge in [-0.2, -0.15) is 10.1 Å². The fraction of sp³-hybridized carbons (Fsp3) is 0.0870. The molecule has 5 heteroatoms. The van der Waals surface area contributed by atoms with E-state index in [1.165, 1.54) is 10.8 Å². The highest BCUT2D eigenvalue weighted by Gasteiger charge is 2.12. The molecule has 2 aromatic heterocycles. The number of hydrogen-bond acceptors (Lipinski definition) is 4. The second-order valence-electron chi connectivity index (χ2n) is 6.92. The summed E-state index contributed by atoms with van der Waals surface area (Å²) in [7, 11) is 0. The third kappa shape index (κ3) is 2.87. The molecule has 3 aromatic carbocycles. The topological polar surface area (TPSA) is 55.6 Å². The fourth-order valence-electron chi connectivity index (χ4n) is 3.49. The second-order valence-corrected chi connectivity index (χ2v) is 6.92. The molecule has 0 radical (unpaired) electrons. The smallest absolute Gasteiger partial charge is 0.253 e. The molecule has 136 valence electrons. The molecule has 2 heterocycles. The average molecular weight is 365 g/mol. The van der Waals surface area contributed by atoms with Gasteiger partial charge in [-0.3, -0.25) is 0 Å². The predicted octanol–water partition coefficient (Wildman–Crippen LogP) is 5.33. The maximum absolute atomic E-state index is 4.80. The summed E-state index contributed by atoms with van der Waals surface area (Å²) in [6.07, 6.45) is 0. The highest BCUT2D eigenvalue weighted by molar-refractivity contribution is 5.93. The van der Waals surface area contributed by atoms with E-state index in [2.05, 4.69) is 40.7 Å². The van der Waals surface area contributed by atoms with E-state index in [1.807, 2.05) is 56.3 Å². The third-order valence-corrected chi connectivity index (χ3v) is 4.80. The fourth-order valence-corrected chi connectivity index (χ4v) is 3.49. The first-order valence-electron chi connectivity index (χ1n) is 9.24. The number of aryl methyl sites for hydroxylation is 2. The van der Waals surface area contributed by atoms with Crippen LogP contribution in [0.4, 0.5) is 11.5 Å². The zero-order chi connectivity index (χ0) is 19.1. The molecule has 0 saturated heterocycles. The molecule has 5 nitrogen and oxygen atoms in total. The van der Waals surface area contributed by atoms with Crippen LogP contribution < -0.4 is 5.32 Å². The Hall–Kier alpha value is -3.73. The van der Waals surface area contributed by atoms with E-state index in [1.54, 1.807) is 4.68 Å². The summed E-state index contributed by atoms with van der Waals surface area (Å²) in [5.74, 6) is 1.33. The van der Waals surface area contributed by atoms with Crippen molar-refractivity contribution in [3.63, 3.8) is 0 Å². The first-order valence-corrected chi connectivity index (χ1v) is 9.24. The molecule has 1 N–H and O–H groups in total. The summed E-state index contributed by atoms with van der Waals surface area (Å²) in [5, 5.41) is 11.4. The Kier molecular flexibility index (Phi) is 3.79. The molecule has 0 aliphatic rings. The van der Waals surface area contributed by atoms with Gasteiger partial charge in [0.1, 0.15) is 5.82 Å². The Balaban J connectivity index is 1.65. The van der Waals surface area contributed by atoms with Gasteiger partial charge in [-0.05, 0) is 55.0 Å². The van der Waals surface area contributed by atoms with Crippen LogP contribution in [-0.2, 0) is 0 Å². The minimum Gasteiger partial charge on any atom is -0.340 e. The predicted molar refractivity (Wildman–Crippen MR) is 113 cm³/mol. The molecule has 0 amide bonds. The standard InChI is InChI=1S/C23H19N5/c1-15-13-16(2)28(27-15)23-25-21-10-6-5-9-20(21)22(26-23)24-19-12-11-17-7-3-4-8-18(17)14-19/h3-14H,1-2H3,(H,24,25,26). The molecule has 0 aliphatic heterocycles. The molecule has 5 aromatic rings. The van der Waals surface area contributed by atoms with Gasteiger partial charge in [-0.25, -0.2) is 9.67 Å². The van der Waals surface area contributed by atoms with Crippen molar-refractivity contribution in [2.45, 2.75) is 13.8 Å². The van der Waals surface area contributed by atoms with Crippen LogP contribution in [0.3, 0.4) is 0 Å². The van der Waals surface area contributed by atoms with Crippen molar-refractivity contribution < 1.29 is 0 Å². The number of nitrogens with zero attached hydrogens (tertiary/aromatic N) is 4. The Bertz CT molecular complexity index is 1320. The van der Waals surface area contributed by atoms with Crippen molar-refractivity contribution in [3.8, 4) is 5.95 Å². The average Bonchev–Trinajstić information content (AvgIpc) is 3.06. The Morgan fingerprint density at radius 2 is 1.57 bits per heavy atom. The second kappa shape index (κ2) is 6.46. The number of anilines is 2. The normalized spacial score (nSPS) is 11.2. The number of hydrogen-bond donors (Lipinski definition) is 1. The van der Waals surface area contributed by atoms with Crippen LogP contribution >= 0.6 is 0 Å². The van der Waals surface area contributed by atoms with Crippen LogP contribution in [0.1, 0.15) is 11.4 Å². The molecule has 0 spiro atoms. The van der Waals surface area contributed by atoms with E-state index in [4.69, 9.17) is 9.97 Å². The van der Waals surface area contributed by atoms with E-state index in [0.29, 0.717) is 5.95 Å². The summed E-state index contributed by atoms with van der Waals surface area (Å²) in [6.45, 7) is 3.98. The van der Waals surface area contributed by atoms with Crippen LogP contribution in [-0.4, -0.2) is 19.7 Å². The van der Waals surface area contributed by atoms with Crippen molar-refractivity contribution in [1.82, 2.24) is 19.7 Å². The summed E-state index contributed by atoms with van der Waals surface area (Å²) < 4.78 is 1.79. The Morgan fingerprint density at radius 3 is 2.39 bits per heavy atom. The Labute approximate surface area is 162 Å². The lowest BCUT2D eigenvalue weighted by Crippen LogP contribution is -2.07. The summed E-state index contributed by atoms with van der Waals surface area (Å²) >= 11 is 0. The van der Waals surface area contributed by atoms with Crippen molar-refractivity contribution in [2.24, 2.45) is 0 Å². The molecular weight excluding hydrogens is 346 g/mol. The SMILES string of the molecule is Cc1cc(C)n(-c2nc(Nc3ccc4ccccc4c3)c3ccccc3n2)n1. The van der Waals surface area contributed by atoms with Crippen LogP contribution in [0.15, 0.2) is 72.8 Å². The molecule has 0 unspecified atom stereocenters. The lowest BCUT2D eigenvalue weighted by Gasteiger charge is -2.12. The van der Waals surface area contributed by atoms with Gasteiger partial charge in [0.15, 0.2) is 0 Å². The number of para-hydroxylation sites is 1. The van der Waals surface area contributed by atoms with Crippen molar-refractivity contribution in [2.75, 3.05) is 5.32 Å². The summed E-state index contributed by atoms with van der Waals surface area (Å²) in [5.41, 5.74) is 3.81. The first kappa shape index (κ1) is 16.4. The van der Waals surface area contributed by atoms with E-state index in [9.17, 15) is 0 Å². The highest BCUT2D eigenvalue weighted by atomic mass is 15.4. The van der Waals surface area contributed by atoms with Crippen LogP contribution in [0.25, 0.3) is 27.6 Å². The molecular formula is C23H19N5. The van der Waals surface area contributed by atoms with Crippen LogP contribution in [0.2, 0.25) is 0 Å². The van der Waals surface area contributed by atoms with E-state index in [0.717, 1.165) is 33.8 Å². The monoisotopic (exact) mass is 365 g/mol. The minimum atomic E-state index is 0.563. The summed E-state index contributed by atoms with van der Waals surface area (Å²) in [6, 6.07) is 24.7. The number of fused-ring (bicyclic) bond motifs is 2. The van der Waals surface area contributed by atoms with Gasteiger partial charge in [-0.15, -0.1) is 0 Å². The zero-order valence-electron chi connectivity index (χ0n) is 15.7. The van der Waals surface area contributed by atoms with Gasteiger partial charge < -0.3 is 5.32 Å². The maximum Gasteiger partial charge on any atom is 0.253 e. The number of benzene rings is 3. The van der Waals surface area contributed by atoms with Gasteiger partial charge in [0.2, 0.25) is 0 Å². The van der Waals surface area contributed by atoms with E-state index < -0.39 is 0 Å². The van der Waals surface area contributed by atoms with Gasteiger partial charge in [0.25, 0.3) is 5.95 Å². The van der Waals surface area contributed by atoms with Crippen LogP contribution in [0.5, 0.6) is 0 Å². The Morgan fingerprint density at radius 1 is 0.786 bits per heavy atom. The molecule has 0 aliphatic carbocycles. The molecule has 5 rings (SSSR count). The van der Waals surface area contributed by atoms with Crippen molar-refractivity contribution in [3.05, 3.63) is 84.2 Å². The van der Waals surface area contributed by atoms with Gasteiger partial charge in [0.05, 0.1) is 11.2 Å². The minimum absolute atomic E-state index is 0.563. The zero-order valence-corrected chi connectivity index (χ0v) is 15.7. The van der Waals surface area contributed by atoms with E-state index >= 15 is 0 Å². The number of nitrogens with one attached hydrogen (secondary N) is 1. The third-order valence-electron chi connectivity index (χ3n) is 4.80. The van der Waals surface area contributed by atoms with Crippen molar-refractivity contribution >= 4 is 33.2 Å². The van der Waals surface area contributed by atoms with Gasteiger partial charge in [-0.1, -0.05) is 42.5 Å². The first-order chi connectivity index (χ1) is 13.7. The van der Waals surface area contributed by atoms with Gasteiger partial charge in [0, 0.05) is 16.8 Å². The van der Waals surface area contributed by atoms with Crippen LogP contribution in [0, 0.1) is 13.8 Å². The van der Waals surface area contributed by atoms with Crippen molar-refractivity contribution in [1.29, 1.82) is 0 Å².